The molecule has 31 heavy (non-hydrogen) atoms. The van der Waals surface area contributed by atoms with E-state index >= 15 is 0 Å². The molecule has 0 aromatic heterocycles. The molecule has 5 aliphatic rings. The fraction of sp³-hybridized carbons (Fsp3) is 0.704. The van der Waals surface area contributed by atoms with Crippen LogP contribution >= 0.6 is 0 Å². The fourth-order valence-electron chi connectivity index (χ4n) is 7.60. The molecule has 4 saturated carbocycles. The monoisotopic (exact) mass is 423 g/mol. The van der Waals surface area contributed by atoms with Crippen LogP contribution < -0.4 is 0 Å². The Bertz CT molecular complexity index is 853. The second kappa shape index (κ2) is 7.94. The number of likely N-dealkylation sites (tertiary alicyclic amines) is 1. The Kier molecular flexibility index (Phi) is 5.38. The van der Waals surface area contributed by atoms with Gasteiger partial charge in [0.1, 0.15) is 0 Å². The quantitative estimate of drug-likeness (QED) is 0.634. The Labute approximate surface area is 186 Å². The van der Waals surface area contributed by atoms with E-state index in [1.165, 1.54) is 48.8 Å². The molecule has 6 rings (SSSR count). The van der Waals surface area contributed by atoms with Crippen molar-refractivity contribution in [3.05, 3.63) is 34.9 Å². The van der Waals surface area contributed by atoms with Gasteiger partial charge in [-0.05, 0) is 99.2 Å². The molecule has 4 heteroatoms. The number of esters is 1. The Morgan fingerprint density at radius 1 is 0.968 bits per heavy atom. The summed E-state index contributed by atoms with van der Waals surface area (Å²) in [4.78, 5) is 28.0. The van der Waals surface area contributed by atoms with Crippen LogP contribution in [0.5, 0.6) is 0 Å². The Morgan fingerprint density at radius 2 is 1.65 bits per heavy atom. The first-order valence-electron chi connectivity index (χ1n) is 12.4. The molecule has 0 spiro atoms. The third kappa shape index (κ3) is 3.81. The minimum atomic E-state index is -0.387. The average Bonchev–Trinajstić information content (AvgIpc) is 3.02. The molecule has 5 fully saturated rings. The third-order valence-corrected chi connectivity index (χ3v) is 8.90. The van der Waals surface area contributed by atoms with E-state index in [1.54, 1.807) is 0 Å². The highest BCUT2D eigenvalue weighted by Crippen LogP contribution is 2.66. The standard InChI is InChI=1S/C27H37NO3/c1-19-7-8-23(11-20(19)2)26-13-21-12-22(14-26)16-27(15-21,18-26)25(30)31-17-24(29)28-9-5-3-4-6-10-28/h7-8,11,21-22H,3-6,9-10,12-18H2,1-2H3. The van der Waals surface area contributed by atoms with E-state index in [-0.39, 0.29) is 29.3 Å². The molecule has 1 heterocycles. The summed E-state index contributed by atoms with van der Waals surface area (Å²) in [5, 5.41) is 0. The molecule has 4 aliphatic carbocycles. The van der Waals surface area contributed by atoms with Gasteiger partial charge in [-0.3, -0.25) is 9.59 Å². The lowest BCUT2D eigenvalue weighted by atomic mass is 9.43. The zero-order chi connectivity index (χ0) is 21.6. The van der Waals surface area contributed by atoms with Gasteiger partial charge in [0.25, 0.3) is 5.91 Å². The van der Waals surface area contributed by atoms with Crippen LogP contribution in [-0.2, 0) is 19.7 Å². The Balaban J connectivity index is 1.32. The molecule has 4 nitrogen and oxygen atoms in total. The van der Waals surface area contributed by atoms with Crippen molar-refractivity contribution in [3.63, 3.8) is 0 Å². The van der Waals surface area contributed by atoms with Gasteiger partial charge in [0.05, 0.1) is 5.41 Å². The smallest absolute Gasteiger partial charge is 0.312 e. The van der Waals surface area contributed by atoms with Gasteiger partial charge in [0.15, 0.2) is 6.61 Å². The zero-order valence-corrected chi connectivity index (χ0v) is 19.3. The molecule has 1 saturated heterocycles. The van der Waals surface area contributed by atoms with Crippen LogP contribution in [0.3, 0.4) is 0 Å². The van der Waals surface area contributed by atoms with E-state index in [9.17, 15) is 9.59 Å². The summed E-state index contributed by atoms with van der Waals surface area (Å²) in [6.45, 7) is 5.90. The lowest BCUT2D eigenvalue weighted by molar-refractivity contribution is -0.176. The van der Waals surface area contributed by atoms with Crippen LogP contribution in [0, 0.1) is 31.1 Å². The fourth-order valence-corrected chi connectivity index (χ4v) is 7.60. The predicted octanol–water partition coefficient (Wildman–Crippen LogP) is 5.09. The summed E-state index contributed by atoms with van der Waals surface area (Å²) >= 11 is 0. The van der Waals surface area contributed by atoms with Crippen LogP contribution in [0.25, 0.3) is 0 Å². The number of carbonyl (C=O) groups is 2. The highest BCUT2D eigenvalue weighted by atomic mass is 16.5. The topological polar surface area (TPSA) is 46.6 Å². The van der Waals surface area contributed by atoms with Crippen LogP contribution in [-0.4, -0.2) is 36.5 Å². The van der Waals surface area contributed by atoms with Crippen LogP contribution in [0.4, 0.5) is 0 Å². The molecule has 1 aromatic rings. The van der Waals surface area contributed by atoms with E-state index in [0.717, 1.165) is 45.2 Å². The van der Waals surface area contributed by atoms with Crippen molar-refractivity contribution in [2.75, 3.05) is 19.7 Å². The van der Waals surface area contributed by atoms with Crippen molar-refractivity contribution in [2.24, 2.45) is 17.3 Å². The Hall–Kier alpha value is -1.84. The summed E-state index contributed by atoms with van der Waals surface area (Å²) in [5.41, 5.74) is 3.81. The number of hydrogen-bond donors (Lipinski definition) is 0. The second-order valence-corrected chi connectivity index (χ2v) is 11.2. The van der Waals surface area contributed by atoms with Gasteiger partial charge in [-0.1, -0.05) is 31.0 Å². The van der Waals surface area contributed by atoms with E-state index in [2.05, 4.69) is 32.0 Å². The van der Waals surface area contributed by atoms with Gasteiger partial charge in [-0.15, -0.1) is 0 Å². The molecule has 1 aliphatic heterocycles. The molecule has 1 aromatic carbocycles. The number of rotatable bonds is 4. The molecule has 0 N–H and O–H groups in total. The number of aryl methyl sites for hydroxylation is 2. The van der Waals surface area contributed by atoms with Gasteiger partial charge < -0.3 is 9.64 Å². The van der Waals surface area contributed by atoms with Crippen LogP contribution in [0.2, 0.25) is 0 Å². The highest BCUT2D eigenvalue weighted by Gasteiger charge is 2.61. The maximum absolute atomic E-state index is 13.5. The Morgan fingerprint density at radius 3 is 2.29 bits per heavy atom. The number of nitrogens with zero attached hydrogens (tertiary/aromatic N) is 1. The summed E-state index contributed by atoms with van der Waals surface area (Å²) in [6.07, 6.45) is 11.0. The first-order valence-corrected chi connectivity index (χ1v) is 12.4. The molecule has 168 valence electrons. The first kappa shape index (κ1) is 21.0. The highest BCUT2D eigenvalue weighted by molar-refractivity contribution is 5.83. The molecule has 1 amide bonds. The largest absolute Gasteiger partial charge is 0.455 e. The number of amides is 1. The second-order valence-electron chi connectivity index (χ2n) is 11.2. The summed E-state index contributed by atoms with van der Waals surface area (Å²) in [6, 6.07) is 6.91. The summed E-state index contributed by atoms with van der Waals surface area (Å²) < 4.78 is 5.78. The van der Waals surface area contributed by atoms with Gasteiger partial charge in [-0.2, -0.15) is 0 Å². The molecule has 0 radical (unpaired) electrons. The van der Waals surface area contributed by atoms with Crippen molar-refractivity contribution in [2.45, 2.75) is 83.5 Å². The van der Waals surface area contributed by atoms with Crippen LogP contribution in [0.1, 0.15) is 80.9 Å². The van der Waals surface area contributed by atoms with Crippen molar-refractivity contribution in [1.29, 1.82) is 0 Å². The third-order valence-electron chi connectivity index (χ3n) is 8.90. The first-order chi connectivity index (χ1) is 14.9. The number of hydrogen-bond acceptors (Lipinski definition) is 3. The summed E-state index contributed by atoms with van der Waals surface area (Å²) in [5.74, 6) is 1.11. The maximum atomic E-state index is 13.5. The van der Waals surface area contributed by atoms with Gasteiger partial charge >= 0.3 is 5.97 Å². The van der Waals surface area contributed by atoms with Crippen LogP contribution in [0.15, 0.2) is 18.2 Å². The number of carbonyl (C=O) groups excluding carboxylic acids is 2. The van der Waals surface area contributed by atoms with Crippen molar-refractivity contribution >= 4 is 11.9 Å². The number of benzene rings is 1. The SMILES string of the molecule is Cc1ccc(C23CC4CC(CC(C(=O)OCC(=O)N5CCCCCC5)(C4)C2)C3)cc1C. The summed E-state index contributed by atoms with van der Waals surface area (Å²) in [7, 11) is 0. The average molecular weight is 424 g/mol. The van der Waals surface area contributed by atoms with Crippen molar-refractivity contribution in [3.8, 4) is 0 Å². The van der Waals surface area contributed by atoms with E-state index in [0.29, 0.717) is 11.8 Å². The van der Waals surface area contributed by atoms with Gasteiger partial charge in [-0.25, -0.2) is 0 Å². The molecule has 2 unspecified atom stereocenters. The number of ether oxygens (including phenoxy) is 1. The lowest BCUT2D eigenvalue weighted by Crippen LogP contribution is -2.57. The van der Waals surface area contributed by atoms with Gasteiger partial charge in [0, 0.05) is 13.1 Å². The molecule has 2 atom stereocenters. The molecule has 4 bridgehead atoms. The van der Waals surface area contributed by atoms with E-state index < -0.39 is 0 Å². The molecular weight excluding hydrogens is 386 g/mol. The van der Waals surface area contributed by atoms with Crippen molar-refractivity contribution in [1.82, 2.24) is 4.90 Å². The van der Waals surface area contributed by atoms with E-state index in [4.69, 9.17) is 4.74 Å². The maximum Gasteiger partial charge on any atom is 0.312 e. The van der Waals surface area contributed by atoms with E-state index in [1.807, 2.05) is 4.90 Å². The van der Waals surface area contributed by atoms with Crippen molar-refractivity contribution < 1.29 is 14.3 Å². The zero-order valence-electron chi connectivity index (χ0n) is 19.3. The molecular formula is C27H37NO3. The predicted molar refractivity (Wildman–Crippen MR) is 121 cm³/mol. The lowest BCUT2D eigenvalue weighted by Gasteiger charge is -2.61. The van der Waals surface area contributed by atoms with Gasteiger partial charge in [0.2, 0.25) is 0 Å². The minimum Gasteiger partial charge on any atom is -0.455 e. The normalized spacial score (nSPS) is 34.5. The minimum absolute atomic E-state index is 0.0103.